The maximum Gasteiger partial charge on any atom is 0.334 e. The lowest BCUT2D eigenvalue weighted by Crippen LogP contribution is -2.81. The van der Waals surface area contributed by atoms with Crippen LogP contribution in [-0.2, 0) is 33.3 Å². The predicted molar refractivity (Wildman–Crippen MR) is 99.4 cm³/mol. The Morgan fingerprint density at radius 2 is 1.47 bits per heavy atom. The number of carbonyl (C=O) groups is 3. The van der Waals surface area contributed by atoms with Crippen molar-refractivity contribution in [1.82, 2.24) is 0 Å². The number of ether oxygens (including phenoxy) is 4. The number of hydrogen-bond acceptors (Lipinski definition) is 7. The van der Waals surface area contributed by atoms with E-state index in [1.165, 1.54) is 14.2 Å². The maximum absolute atomic E-state index is 14.1. The van der Waals surface area contributed by atoms with Gasteiger partial charge in [0.2, 0.25) is 0 Å². The molecule has 0 amide bonds. The first-order valence-corrected chi connectivity index (χ1v) is 10.7. The molecule has 0 heterocycles. The highest BCUT2D eigenvalue weighted by molar-refractivity contribution is 6.07. The van der Waals surface area contributed by atoms with Gasteiger partial charge in [0, 0.05) is 37.9 Å². The third-order valence-electron chi connectivity index (χ3n) is 10.4. The van der Waals surface area contributed by atoms with Crippen LogP contribution in [0.3, 0.4) is 0 Å². The van der Waals surface area contributed by atoms with Crippen LogP contribution in [0.4, 0.5) is 0 Å². The highest BCUT2D eigenvalue weighted by Gasteiger charge is 3.03. The van der Waals surface area contributed by atoms with Crippen LogP contribution in [0.2, 0.25) is 0 Å². The second-order valence-electron chi connectivity index (χ2n) is 10.00. The number of hydrogen-bond donors (Lipinski definition) is 0. The first-order valence-electron chi connectivity index (χ1n) is 10.7. The van der Waals surface area contributed by atoms with E-state index in [-0.39, 0.29) is 29.5 Å². The number of carbonyl (C=O) groups excluding carboxylic acids is 3. The third kappa shape index (κ3) is 1.15. The van der Waals surface area contributed by atoms with Crippen LogP contribution in [-0.4, -0.2) is 51.9 Å². The Hall–Kier alpha value is -1.99. The summed E-state index contributed by atoms with van der Waals surface area (Å²) in [6, 6.07) is 0. The Kier molecular flexibility index (Phi) is 2.80. The quantitative estimate of drug-likeness (QED) is 0.389. The molecule has 5 fully saturated rings. The van der Waals surface area contributed by atoms with Gasteiger partial charge in [-0.3, -0.25) is 4.79 Å². The van der Waals surface area contributed by atoms with Crippen LogP contribution in [0.25, 0.3) is 0 Å². The van der Waals surface area contributed by atoms with E-state index >= 15 is 0 Å². The molecule has 0 radical (unpaired) electrons. The minimum absolute atomic E-state index is 0.00935. The van der Waals surface area contributed by atoms with Gasteiger partial charge < -0.3 is 18.9 Å². The Morgan fingerprint density at radius 1 is 0.867 bits per heavy atom. The second kappa shape index (κ2) is 4.75. The fourth-order valence-corrected chi connectivity index (χ4v) is 10.6. The number of methoxy groups -OCH3 is 4. The van der Waals surface area contributed by atoms with Crippen LogP contribution in [0.1, 0.15) is 6.42 Å². The molecule has 0 aromatic carbocycles. The average molecular weight is 412 g/mol. The van der Waals surface area contributed by atoms with E-state index in [1.54, 1.807) is 14.2 Å². The SMILES string of the molecule is COC(=O)C1=C(C(=O)OC)[C@H]2C=CC1C13C4C5[C@@H]6C[C@H]4C(C6C(=O)C521)C3(OC)OC. The molecule has 4 bridgehead atoms. The van der Waals surface area contributed by atoms with Gasteiger partial charge in [-0.2, -0.15) is 0 Å². The van der Waals surface area contributed by atoms with E-state index in [1.807, 2.05) is 12.2 Å². The normalized spacial score (nSPS) is 53.4. The van der Waals surface area contributed by atoms with Gasteiger partial charge in [0.1, 0.15) is 5.78 Å². The monoisotopic (exact) mass is 412 g/mol. The molecule has 8 rings (SSSR count). The molecule has 0 N–H and O–H groups in total. The minimum Gasteiger partial charge on any atom is -0.466 e. The van der Waals surface area contributed by atoms with Gasteiger partial charge in [-0.1, -0.05) is 12.2 Å². The largest absolute Gasteiger partial charge is 0.466 e. The zero-order valence-corrected chi connectivity index (χ0v) is 17.3. The van der Waals surface area contributed by atoms with Crippen molar-refractivity contribution in [1.29, 1.82) is 0 Å². The topological polar surface area (TPSA) is 88.1 Å². The Morgan fingerprint density at radius 3 is 2.07 bits per heavy atom. The summed E-state index contributed by atoms with van der Waals surface area (Å²) >= 11 is 0. The standard InChI is InChI=1S/C23H24O7/c1-27-19(25)13-10-5-6-11(14(13)20(26)28-2)22-17-9-7-8-12(15(9)23(22,29-3)30-4)18(24)21(10,22)16(8)17/h5-6,8-12,15-17H,7H2,1-4H3/t8-,9+,10-,11?,12?,15?,16?,17?,21?,22?/m1/s1. The zero-order valence-electron chi connectivity index (χ0n) is 17.3. The molecule has 30 heavy (non-hydrogen) atoms. The lowest BCUT2D eigenvalue weighted by atomic mass is 9.27. The summed E-state index contributed by atoms with van der Waals surface area (Å²) in [5.74, 6) is -1.68. The Labute approximate surface area is 173 Å². The number of esters is 2. The highest BCUT2D eigenvalue weighted by atomic mass is 16.7. The van der Waals surface area contributed by atoms with Crippen LogP contribution in [0.5, 0.6) is 0 Å². The summed E-state index contributed by atoms with van der Waals surface area (Å²) in [6.07, 6.45) is 4.97. The van der Waals surface area contributed by atoms with E-state index in [9.17, 15) is 14.4 Å². The summed E-state index contributed by atoms with van der Waals surface area (Å²) in [6.45, 7) is 0. The first kappa shape index (κ1) is 17.7. The van der Waals surface area contributed by atoms with E-state index in [0.717, 1.165) is 6.42 Å². The van der Waals surface area contributed by atoms with Crippen molar-refractivity contribution in [2.24, 2.45) is 58.2 Å². The molecule has 0 aromatic rings. The zero-order chi connectivity index (χ0) is 21.0. The van der Waals surface area contributed by atoms with Gasteiger partial charge in [0.15, 0.2) is 5.79 Å². The van der Waals surface area contributed by atoms with E-state index in [2.05, 4.69) is 0 Å². The number of Topliss-reactive ketones (excluding diaryl/α,β-unsaturated/α-hetero) is 1. The van der Waals surface area contributed by atoms with Crippen molar-refractivity contribution in [3.8, 4) is 0 Å². The molecule has 7 nitrogen and oxygen atoms in total. The van der Waals surface area contributed by atoms with Crippen molar-refractivity contribution in [3.63, 3.8) is 0 Å². The molecule has 8 aliphatic carbocycles. The fraction of sp³-hybridized carbons (Fsp3) is 0.696. The molecule has 10 atom stereocenters. The fourth-order valence-electron chi connectivity index (χ4n) is 10.6. The lowest BCUT2D eigenvalue weighted by molar-refractivity contribution is -0.374. The van der Waals surface area contributed by atoms with Gasteiger partial charge in [0.05, 0.1) is 36.2 Å². The van der Waals surface area contributed by atoms with Crippen LogP contribution >= 0.6 is 0 Å². The number of rotatable bonds is 4. The van der Waals surface area contributed by atoms with Crippen LogP contribution in [0.15, 0.2) is 23.3 Å². The smallest absolute Gasteiger partial charge is 0.334 e. The summed E-state index contributed by atoms with van der Waals surface area (Å²) in [5.41, 5.74) is -0.826. The summed E-state index contributed by atoms with van der Waals surface area (Å²) < 4.78 is 22.7. The van der Waals surface area contributed by atoms with Gasteiger partial charge >= 0.3 is 11.9 Å². The van der Waals surface area contributed by atoms with Crippen molar-refractivity contribution < 1.29 is 33.3 Å². The summed E-state index contributed by atoms with van der Waals surface area (Å²) in [7, 11) is 5.96. The van der Waals surface area contributed by atoms with Crippen molar-refractivity contribution in [3.05, 3.63) is 23.3 Å². The Bertz CT molecular complexity index is 1020. The molecule has 2 spiro atoms. The van der Waals surface area contributed by atoms with Crippen molar-refractivity contribution >= 4 is 17.7 Å². The van der Waals surface area contributed by atoms with Gasteiger partial charge in [-0.15, -0.1) is 0 Å². The maximum atomic E-state index is 14.1. The lowest BCUT2D eigenvalue weighted by Gasteiger charge is -2.75. The number of ketones is 1. The second-order valence-corrected chi connectivity index (χ2v) is 10.00. The molecule has 0 aromatic heterocycles. The van der Waals surface area contributed by atoms with Crippen molar-refractivity contribution in [2.75, 3.05) is 28.4 Å². The number of fused-ring (bicyclic) bond motifs is 1. The molecule has 0 saturated heterocycles. The molecule has 5 saturated carbocycles. The van der Waals surface area contributed by atoms with Crippen LogP contribution < -0.4 is 0 Å². The van der Waals surface area contributed by atoms with Gasteiger partial charge in [-0.05, 0) is 30.1 Å². The molecule has 0 aliphatic heterocycles. The third-order valence-corrected chi connectivity index (χ3v) is 10.4. The Balaban J connectivity index is 1.60. The van der Waals surface area contributed by atoms with E-state index in [4.69, 9.17) is 18.9 Å². The molecular weight excluding hydrogens is 388 g/mol. The summed E-state index contributed by atoms with van der Waals surface area (Å²) in [4.78, 5) is 40.1. The predicted octanol–water partition coefficient (Wildman–Crippen LogP) is 1.13. The van der Waals surface area contributed by atoms with Crippen molar-refractivity contribution in [2.45, 2.75) is 12.2 Å². The first-order chi connectivity index (χ1) is 14.4. The van der Waals surface area contributed by atoms with Gasteiger partial charge in [0.25, 0.3) is 0 Å². The summed E-state index contributed by atoms with van der Waals surface area (Å²) in [5, 5.41) is 0. The molecule has 7 unspecified atom stereocenters. The number of allylic oxidation sites excluding steroid dienone is 2. The molecule has 8 aliphatic rings. The minimum atomic E-state index is -0.947. The molecular formula is C23H24O7. The average Bonchev–Trinajstić information content (AvgIpc) is 3.32. The van der Waals surface area contributed by atoms with Crippen LogP contribution in [0, 0.1) is 58.2 Å². The van der Waals surface area contributed by atoms with Gasteiger partial charge in [-0.25, -0.2) is 9.59 Å². The van der Waals surface area contributed by atoms with E-state index in [0.29, 0.717) is 23.0 Å². The van der Waals surface area contributed by atoms with E-state index < -0.39 is 40.4 Å². The highest BCUT2D eigenvalue weighted by Crippen LogP contribution is 2.98. The molecule has 7 heteroatoms. The molecule has 158 valence electrons.